The zero-order chi connectivity index (χ0) is 33.2. The van der Waals surface area contributed by atoms with E-state index in [2.05, 4.69) is 127 Å². The minimum Gasteiger partial charge on any atom is -0.456 e. The number of aromatic nitrogens is 1. The van der Waals surface area contributed by atoms with Gasteiger partial charge in [0, 0.05) is 38.8 Å². The molecule has 4 heteroatoms. The molecule has 0 saturated heterocycles. The standard InChI is InChI=1S/C46H30N2O2/c1-29-10-5-7-15-40(29)48(34-24-20-30(21-25-34)36-14-9-17-42-44(36)37-13-6-8-16-41(37)49-42)35-26-22-31-18-19-32-23-27-39-45(43(32)38(31)28-35)50-46(47-39)33-11-3-2-4-12-33/h2-28H,1H3. The van der Waals surface area contributed by atoms with Gasteiger partial charge in [-0.2, -0.15) is 0 Å². The average Bonchev–Trinajstić information content (AvgIpc) is 3.78. The highest BCUT2D eigenvalue weighted by atomic mass is 16.3. The molecule has 0 unspecified atom stereocenters. The van der Waals surface area contributed by atoms with Crippen molar-refractivity contribution in [3.63, 3.8) is 0 Å². The van der Waals surface area contributed by atoms with Gasteiger partial charge in [-0.3, -0.25) is 0 Å². The lowest BCUT2D eigenvalue weighted by Gasteiger charge is -2.27. The summed E-state index contributed by atoms with van der Waals surface area (Å²) in [7, 11) is 0. The lowest BCUT2D eigenvalue weighted by atomic mass is 9.98. The first-order valence-corrected chi connectivity index (χ1v) is 16.9. The third-order valence-corrected chi connectivity index (χ3v) is 9.81. The van der Waals surface area contributed by atoms with E-state index in [0.29, 0.717) is 5.89 Å². The van der Waals surface area contributed by atoms with Gasteiger partial charge >= 0.3 is 0 Å². The lowest BCUT2D eigenvalue weighted by molar-refractivity contribution is 0.623. The Morgan fingerprint density at radius 1 is 0.500 bits per heavy atom. The van der Waals surface area contributed by atoms with Crippen molar-refractivity contribution in [3.05, 3.63) is 169 Å². The zero-order valence-corrected chi connectivity index (χ0v) is 27.3. The number of aryl methyl sites for hydroxylation is 1. The predicted octanol–water partition coefficient (Wildman–Crippen LogP) is 13.1. The fourth-order valence-electron chi connectivity index (χ4n) is 7.40. The highest BCUT2D eigenvalue weighted by Gasteiger charge is 2.19. The first-order valence-electron chi connectivity index (χ1n) is 16.9. The van der Waals surface area contributed by atoms with Gasteiger partial charge in [-0.15, -0.1) is 0 Å². The summed E-state index contributed by atoms with van der Waals surface area (Å²) >= 11 is 0. The quantitative estimate of drug-likeness (QED) is 0.175. The minimum atomic E-state index is 0.627. The summed E-state index contributed by atoms with van der Waals surface area (Å²) < 4.78 is 12.7. The van der Waals surface area contributed by atoms with Crippen LogP contribution < -0.4 is 4.90 Å². The lowest BCUT2D eigenvalue weighted by Crippen LogP contribution is -2.11. The summed E-state index contributed by atoms with van der Waals surface area (Å²) in [4.78, 5) is 7.23. The maximum absolute atomic E-state index is 6.54. The van der Waals surface area contributed by atoms with Gasteiger partial charge in [-0.05, 0) is 100 Å². The number of anilines is 3. The fraction of sp³-hybridized carbons (Fsp3) is 0.0217. The Kier molecular flexibility index (Phi) is 6.36. The van der Waals surface area contributed by atoms with Crippen molar-refractivity contribution in [2.45, 2.75) is 6.92 Å². The maximum atomic E-state index is 6.54. The molecule has 2 aromatic heterocycles. The first kappa shape index (κ1) is 28.4. The van der Waals surface area contributed by atoms with Crippen molar-refractivity contribution in [1.29, 1.82) is 0 Å². The molecule has 10 aromatic rings. The van der Waals surface area contributed by atoms with E-state index in [9.17, 15) is 0 Å². The molecule has 4 nitrogen and oxygen atoms in total. The van der Waals surface area contributed by atoms with Gasteiger partial charge in [0.05, 0.1) is 0 Å². The van der Waals surface area contributed by atoms with E-state index in [1.54, 1.807) is 0 Å². The molecule has 50 heavy (non-hydrogen) atoms. The van der Waals surface area contributed by atoms with Crippen LogP contribution in [0.2, 0.25) is 0 Å². The Bertz CT molecular complexity index is 2880. The van der Waals surface area contributed by atoms with Crippen LogP contribution in [0.5, 0.6) is 0 Å². The Balaban J connectivity index is 1.15. The molecule has 0 atom stereocenters. The van der Waals surface area contributed by atoms with Gasteiger partial charge in [-0.25, -0.2) is 4.98 Å². The predicted molar refractivity (Wildman–Crippen MR) is 207 cm³/mol. The second kappa shape index (κ2) is 11.2. The molecule has 0 aliphatic heterocycles. The van der Waals surface area contributed by atoms with Crippen LogP contribution in [0, 0.1) is 6.92 Å². The van der Waals surface area contributed by atoms with Gasteiger partial charge in [0.2, 0.25) is 5.89 Å². The van der Waals surface area contributed by atoms with E-state index in [4.69, 9.17) is 13.8 Å². The smallest absolute Gasteiger partial charge is 0.227 e. The van der Waals surface area contributed by atoms with E-state index < -0.39 is 0 Å². The number of oxazole rings is 1. The summed E-state index contributed by atoms with van der Waals surface area (Å²) in [6.45, 7) is 2.17. The van der Waals surface area contributed by atoms with Gasteiger partial charge in [-0.1, -0.05) is 103 Å². The highest BCUT2D eigenvalue weighted by molar-refractivity contribution is 6.19. The number of nitrogens with zero attached hydrogens (tertiary/aromatic N) is 2. The second-order valence-corrected chi connectivity index (χ2v) is 12.8. The van der Waals surface area contributed by atoms with Gasteiger partial charge in [0.1, 0.15) is 16.7 Å². The van der Waals surface area contributed by atoms with Crippen LogP contribution in [0.3, 0.4) is 0 Å². The van der Waals surface area contributed by atoms with Crippen LogP contribution in [0.15, 0.2) is 173 Å². The number of hydrogen-bond acceptors (Lipinski definition) is 4. The largest absolute Gasteiger partial charge is 0.456 e. The number of fused-ring (bicyclic) bond motifs is 8. The monoisotopic (exact) mass is 642 g/mol. The normalized spacial score (nSPS) is 11.7. The maximum Gasteiger partial charge on any atom is 0.227 e. The molecule has 0 aliphatic carbocycles. The summed E-state index contributed by atoms with van der Waals surface area (Å²) in [6.07, 6.45) is 0. The van der Waals surface area contributed by atoms with E-state index in [1.807, 2.05) is 48.5 Å². The molecule has 0 radical (unpaired) electrons. The molecule has 0 saturated carbocycles. The van der Waals surface area contributed by atoms with E-state index in [1.165, 1.54) is 5.56 Å². The molecule has 8 aromatic carbocycles. The number of rotatable bonds is 5. The summed E-state index contributed by atoms with van der Waals surface area (Å²) in [5.41, 5.74) is 11.2. The van der Waals surface area contributed by atoms with E-state index in [0.717, 1.165) is 88.3 Å². The van der Waals surface area contributed by atoms with Crippen molar-refractivity contribution in [2.24, 2.45) is 0 Å². The van der Waals surface area contributed by atoms with Crippen molar-refractivity contribution in [1.82, 2.24) is 4.98 Å². The summed E-state index contributed by atoms with van der Waals surface area (Å²) in [5.74, 6) is 0.627. The van der Waals surface area contributed by atoms with Crippen LogP contribution in [0.25, 0.3) is 77.2 Å². The van der Waals surface area contributed by atoms with Gasteiger partial charge in [0.25, 0.3) is 0 Å². The molecule has 0 aliphatic rings. The average molecular weight is 643 g/mol. The number of hydrogen-bond donors (Lipinski definition) is 0. The van der Waals surface area contributed by atoms with E-state index >= 15 is 0 Å². The zero-order valence-electron chi connectivity index (χ0n) is 27.3. The van der Waals surface area contributed by atoms with Crippen molar-refractivity contribution in [2.75, 3.05) is 4.90 Å². The first-order chi connectivity index (χ1) is 24.7. The van der Waals surface area contributed by atoms with Gasteiger partial charge in [0.15, 0.2) is 5.58 Å². The Hall–Kier alpha value is -6.65. The van der Waals surface area contributed by atoms with Crippen LogP contribution in [0.4, 0.5) is 17.1 Å². The molecular weight excluding hydrogens is 613 g/mol. The fourth-order valence-corrected chi connectivity index (χ4v) is 7.40. The molecular formula is C46H30N2O2. The van der Waals surface area contributed by atoms with Crippen molar-refractivity contribution >= 4 is 71.6 Å². The van der Waals surface area contributed by atoms with Crippen molar-refractivity contribution in [3.8, 4) is 22.6 Å². The molecule has 236 valence electrons. The molecule has 2 heterocycles. The van der Waals surface area contributed by atoms with Crippen LogP contribution in [-0.2, 0) is 0 Å². The number of para-hydroxylation sites is 2. The minimum absolute atomic E-state index is 0.627. The second-order valence-electron chi connectivity index (χ2n) is 12.8. The third-order valence-electron chi connectivity index (χ3n) is 9.81. The number of benzene rings is 8. The van der Waals surface area contributed by atoms with Crippen LogP contribution in [0.1, 0.15) is 5.56 Å². The van der Waals surface area contributed by atoms with Crippen LogP contribution in [-0.4, -0.2) is 4.98 Å². The van der Waals surface area contributed by atoms with E-state index in [-0.39, 0.29) is 0 Å². The third kappa shape index (κ3) is 4.50. The summed E-state index contributed by atoms with van der Waals surface area (Å²) in [6, 6.07) is 57.3. The number of furan rings is 1. The van der Waals surface area contributed by atoms with Gasteiger partial charge < -0.3 is 13.7 Å². The molecule has 0 spiro atoms. The Morgan fingerprint density at radius 2 is 1.22 bits per heavy atom. The highest BCUT2D eigenvalue weighted by Crippen LogP contribution is 2.42. The van der Waals surface area contributed by atoms with Crippen molar-refractivity contribution < 1.29 is 8.83 Å². The SMILES string of the molecule is Cc1ccccc1N(c1ccc(-c2cccc3oc4ccccc4c23)cc1)c1ccc2ccc3ccc4nc(-c5ccccc5)oc4c3c2c1. The molecule has 10 rings (SSSR count). The Morgan fingerprint density at radius 3 is 2.10 bits per heavy atom. The molecule has 0 bridgehead atoms. The summed E-state index contributed by atoms with van der Waals surface area (Å²) in [5, 5.41) is 6.72. The molecule has 0 amide bonds. The molecule has 0 fully saturated rings. The Labute approximate surface area is 288 Å². The molecule has 0 N–H and O–H groups in total. The topological polar surface area (TPSA) is 42.4 Å². The van der Waals surface area contributed by atoms with Crippen LogP contribution >= 0.6 is 0 Å².